The number of carbonyl (C=O) groups excluding carboxylic acids is 2. The van der Waals surface area contributed by atoms with Crippen LogP contribution >= 0.6 is 11.9 Å². The van der Waals surface area contributed by atoms with Crippen LogP contribution in [0, 0.1) is 5.41 Å². The van der Waals surface area contributed by atoms with Crippen molar-refractivity contribution in [2.45, 2.75) is 38.1 Å². The first-order valence-corrected chi connectivity index (χ1v) is 13.1. The third-order valence-corrected chi connectivity index (χ3v) is 8.85. The molecule has 0 saturated carbocycles. The van der Waals surface area contributed by atoms with Crippen LogP contribution in [0.5, 0.6) is 0 Å². The molecule has 1 aromatic carbocycles. The fraction of sp³-hybridized carbons (Fsp3) is 0.600. The number of piperidine rings is 1. The molecule has 0 aromatic heterocycles. The van der Waals surface area contributed by atoms with Crippen molar-refractivity contribution in [2.75, 3.05) is 52.1 Å². The second-order valence-corrected chi connectivity index (χ2v) is 10.6. The van der Waals surface area contributed by atoms with Gasteiger partial charge >= 0.3 is 6.09 Å². The number of likely N-dealkylation sites (N-methyl/N-ethyl adjacent to an activating group) is 1. The lowest BCUT2D eigenvalue weighted by atomic mass is 9.79. The van der Waals surface area contributed by atoms with Gasteiger partial charge in [-0.25, -0.2) is 14.6 Å². The van der Waals surface area contributed by atoms with Gasteiger partial charge in [0, 0.05) is 38.0 Å². The monoisotopic (exact) mass is 488 g/mol. The van der Waals surface area contributed by atoms with E-state index in [2.05, 4.69) is 46.6 Å². The Labute approximate surface area is 206 Å². The Kier molecular flexibility index (Phi) is 8.52. The van der Waals surface area contributed by atoms with E-state index in [1.165, 1.54) is 11.1 Å². The minimum Gasteiger partial charge on any atom is -0.448 e. The molecule has 1 aromatic rings. The Bertz CT molecular complexity index is 873. The molecular formula is C25H36N4O4S. The summed E-state index contributed by atoms with van der Waals surface area (Å²) in [5.41, 5.74) is 3.80. The molecule has 2 N–H and O–H groups in total. The maximum absolute atomic E-state index is 12.7. The lowest BCUT2D eigenvalue weighted by Crippen LogP contribution is -2.51. The number of hydroxylamine groups is 1. The molecule has 8 nitrogen and oxygen atoms in total. The first kappa shape index (κ1) is 25.0. The van der Waals surface area contributed by atoms with E-state index in [1.807, 2.05) is 11.5 Å². The van der Waals surface area contributed by atoms with Crippen LogP contribution < -0.4 is 5.48 Å². The van der Waals surface area contributed by atoms with Crippen LogP contribution in [-0.4, -0.2) is 89.5 Å². The van der Waals surface area contributed by atoms with Crippen LogP contribution in [0.3, 0.4) is 0 Å². The highest BCUT2D eigenvalue weighted by molar-refractivity contribution is 7.97. The zero-order valence-corrected chi connectivity index (χ0v) is 20.8. The second-order valence-electron chi connectivity index (χ2n) is 9.57. The number of likely N-dealkylation sites (tertiary alicyclic amines) is 2. The number of benzene rings is 1. The number of rotatable bonds is 7. The van der Waals surface area contributed by atoms with Gasteiger partial charge < -0.3 is 14.5 Å². The summed E-state index contributed by atoms with van der Waals surface area (Å²) < 4.78 is 7.84. The van der Waals surface area contributed by atoms with Gasteiger partial charge in [-0.1, -0.05) is 48.4 Å². The van der Waals surface area contributed by atoms with Crippen molar-refractivity contribution < 1.29 is 19.5 Å². The summed E-state index contributed by atoms with van der Waals surface area (Å²) in [7, 11) is 2.06. The minimum absolute atomic E-state index is 0.297. The number of nitrogens with zero attached hydrogens (tertiary/aromatic N) is 3. The fourth-order valence-corrected chi connectivity index (χ4v) is 6.27. The predicted molar refractivity (Wildman–Crippen MR) is 133 cm³/mol. The van der Waals surface area contributed by atoms with Gasteiger partial charge in [0.25, 0.3) is 5.91 Å². The zero-order chi connectivity index (χ0) is 24.0. The molecule has 9 heteroatoms. The quantitative estimate of drug-likeness (QED) is 0.346. The van der Waals surface area contributed by atoms with Gasteiger partial charge in [-0.05, 0) is 56.8 Å². The molecule has 0 bridgehead atoms. The Morgan fingerprint density at radius 2 is 1.94 bits per heavy atom. The summed E-state index contributed by atoms with van der Waals surface area (Å²) in [6.07, 6.45) is 6.11. The highest BCUT2D eigenvalue weighted by atomic mass is 32.2. The largest absolute Gasteiger partial charge is 0.448 e. The second kappa shape index (κ2) is 11.6. The zero-order valence-electron chi connectivity index (χ0n) is 19.9. The number of nitrogens with one attached hydrogen (secondary N) is 1. The first-order chi connectivity index (χ1) is 16.5. The molecule has 4 rings (SSSR count). The molecule has 34 heavy (non-hydrogen) atoms. The van der Waals surface area contributed by atoms with Crippen molar-refractivity contribution in [3.63, 3.8) is 0 Å². The lowest BCUT2D eigenvalue weighted by molar-refractivity contribution is -0.141. The van der Waals surface area contributed by atoms with Crippen LogP contribution in [0.2, 0.25) is 0 Å². The smallest absolute Gasteiger partial charge is 0.409 e. The van der Waals surface area contributed by atoms with Gasteiger partial charge in [-0.2, -0.15) is 0 Å². The average Bonchev–Trinajstić information content (AvgIpc) is 3.31. The number of hydrogen-bond donors (Lipinski definition) is 2. The Balaban J connectivity index is 1.27. The normalized spacial score (nSPS) is 23.4. The van der Waals surface area contributed by atoms with E-state index < -0.39 is 5.41 Å². The number of amides is 2. The van der Waals surface area contributed by atoms with Crippen LogP contribution in [0.1, 0.15) is 37.7 Å². The van der Waals surface area contributed by atoms with Crippen molar-refractivity contribution in [2.24, 2.45) is 5.41 Å². The number of ether oxygens (including phenoxy) is 1. The molecule has 0 spiro atoms. The fourth-order valence-electron chi connectivity index (χ4n) is 5.02. The van der Waals surface area contributed by atoms with Crippen molar-refractivity contribution >= 4 is 29.5 Å². The van der Waals surface area contributed by atoms with Crippen LogP contribution in [0.15, 0.2) is 36.4 Å². The third kappa shape index (κ3) is 5.94. The summed E-state index contributed by atoms with van der Waals surface area (Å²) in [5, 5.41) is 9.41. The van der Waals surface area contributed by atoms with E-state index in [-0.39, 0.29) is 12.0 Å². The van der Waals surface area contributed by atoms with Gasteiger partial charge in [-0.15, -0.1) is 0 Å². The van der Waals surface area contributed by atoms with Crippen LogP contribution in [0.25, 0.3) is 5.57 Å². The molecule has 3 aliphatic heterocycles. The van der Waals surface area contributed by atoms with E-state index in [0.717, 1.165) is 38.9 Å². The molecule has 3 aliphatic rings. The summed E-state index contributed by atoms with van der Waals surface area (Å²) in [4.78, 5) is 29.2. The average molecular weight is 489 g/mol. The van der Waals surface area contributed by atoms with Crippen LogP contribution in [-0.2, 0) is 9.53 Å². The lowest BCUT2D eigenvalue weighted by Gasteiger charge is -2.40. The van der Waals surface area contributed by atoms with Crippen molar-refractivity contribution in [1.29, 1.82) is 0 Å². The van der Waals surface area contributed by atoms with Crippen molar-refractivity contribution in [3.05, 3.63) is 42.0 Å². The number of carbonyl (C=O) groups is 2. The van der Waals surface area contributed by atoms with Gasteiger partial charge in [0.1, 0.15) is 6.61 Å². The highest BCUT2D eigenvalue weighted by Gasteiger charge is 2.43. The van der Waals surface area contributed by atoms with E-state index in [0.29, 0.717) is 44.3 Å². The van der Waals surface area contributed by atoms with Gasteiger partial charge in [0.15, 0.2) is 0 Å². The topological polar surface area (TPSA) is 85.4 Å². The molecule has 1 unspecified atom stereocenters. The summed E-state index contributed by atoms with van der Waals surface area (Å²) in [6, 6.07) is 10.7. The van der Waals surface area contributed by atoms with Gasteiger partial charge in [0.05, 0.1) is 5.41 Å². The number of hydrogen-bond acceptors (Lipinski definition) is 7. The van der Waals surface area contributed by atoms with Crippen LogP contribution in [0.4, 0.5) is 4.79 Å². The van der Waals surface area contributed by atoms with Gasteiger partial charge in [0.2, 0.25) is 0 Å². The highest BCUT2D eigenvalue weighted by Crippen LogP contribution is 2.37. The maximum atomic E-state index is 12.7. The minimum atomic E-state index is -0.703. The summed E-state index contributed by atoms with van der Waals surface area (Å²) in [5.74, 6) is 0.210. The van der Waals surface area contributed by atoms with E-state index >= 15 is 0 Å². The van der Waals surface area contributed by atoms with Crippen molar-refractivity contribution in [3.8, 4) is 0 Å². The summed E-state index contributed by atoms with van der Waals surface area (Å²) >= 11 is 1.66. The van der Waals surface area contributed by atoms with E-state index in [4.69, 9.17) is 4.74 Å². The molecule has 2 saturated heterocycles. The Morgan fingerprint density at radius 3 is 2.56 bits per heavy atom. The van der Waals surface area contributed by atoms with E-state index in [9.17, 15) is 14.8 Å². The molecule has 2 amide bonds. The molecular weight excluding hydrogens is 452 g/mol. The standard InChI is InChI=1S/C25H36N4O4S/c1-27-13-5-8-22(27)18-33-24(31)28-16-11-25(12-17-28,23(30)26-32)19-34-29-14-9-21(10-15-29)20-6-3-2-4-7-20/h2-4,6-7,9,22,32H,5,8,10-19H2,1H3,(H,26,30). The molecule has 2 fully saturated rings. The van der Waals surface area contributed by atoms with Crippen molar-refractivity contribution in [1.82, 2.24) is 19.6 Å². The molecule has 0 radical (unpaired) electrons. The molecule has 186 valence electrons. The SMILES string of the molecule is CN1CCCC1COC(=O)N1CCC(CSN2CC=C(c3ccccc3)CC2)(C(=O)NO)CC1. The van der Waals surface area contributed by atoms with Gasteiger partial charge in [-0.3, -0.25) is 10.0 Å². The predicted octanol–water partition coefficient (Wildman–Crippen LogP) is 3.24. The molecule has 0 aliphatic carbocycles. The Morgan fingerprint density at radius 1 is 1.18 bits per heavy atom. The molecule has 1 atom stereocenters. The molecule has 3 heterocycles. The maximum Gasteiger partial charge on any atom is 0.409 e. The summed E-state index contributed by atoms with van der Waals surface area (Å²) in [6.45, 7) is 4.09. The van der Waals surface area contributed by atoms with E-state index in [1.54, 1.807) is 16.8 Å². The third-order valence-electron chi connectivity index (χ3n) is 7.47. The first-order valence-electron chi connectivity index (χ1n) is 12.2. The Hall–Kier alpha value is -2.07.